The summed E-state index contributed by atoms with van der Waals surface area (Å²) in [6, 6.07) is 1.97. The van der Waals surface area contributed by atoms with Crippen molar-refractivity contribution in [3.05, 3.63) is 0 Å². The van der Waals surface area contributed by atoms with Crippen molar-refractivity contribution in [1.29, 1.82) is 5.26 Å². The van der Waals surface area contributed by atoms with E-state index in [0.717, 1.165) is 12.8 Å². The van der Waals surface area contributed by atoms with Gasteiger partial charge in [0.05, 0.1) is 31.1 Å². The summed E-state index contributed by atoms with van der Waals surface area (Å²) in [5.74, 6) is -1.29. The first-order chi connectivity index (χ1) is 11.9. The number of hydrogen-bond donors (Lipinski definition) is 0. The molecule has 2 fully saturated rings. The average Bonchev–Trinajstić information content (AvgIpc) is 2.88. The molecule has 0 spiro atoms. The SMILES string of the molecule is CCOC(=O)[C@@H](C#N)[C@@H]1CC(=O)O[C@H]1O[C@@H]1C[C@H](C)CC[C@H]1C(C)C. The lowest BCUT2D eigenvalue weighted by atomic mass is 9.75. The summed E-state index contributed by atoms with van der Waals surface area (Å²) >= 11 is 0. The van der Waals surface area contributed by atoms with Crippen LogP contribution >= 0.6 is 0 Å². The molecule has 1 saturated heterocycles. The second-order valence-corrected chi connectivity index (χ2v) is 7.59. The van der Waals surface area contributed by atoms with Gasteiger partial charge in [0.15, 0.2) is 5.92 Å². The smallest absolute Gasteiger partial charge is 0.323 e. The van der Waals surface area contributed by atoms with E-state index < -0.39 is 30.1 Å². The van der Waals surface area contributed by atoms with Crippen LogP contribution in [0.5, 0.6) is 0 Å². The van der Waals surface area contributed by atoms with Gasteiger partial charge >= 0.3 is 11.9 Å². The largest absolute Gasteiger partial charge is 0.465 e. The third kappa shape index (κ3) is 4.72. The topological polar surface area (TPSA) is 85.6 Å². The van der Waals surface area contributed by atoms with Gasteiger partial charge in [0, 0.05) is 0 Å². The molecule has 1 aliphatic heterocycles. The van der Waals surface area contributed by atoms with Crippen LogP contribution in [0, 0.1) is 40.9 Å². The Morgan fingerprint density at radius 3 is 2.68 bits per heavy atom. The maximum absolute atomic E-state index is 12.1. The predicted molar refractivity (Wildman–Crippen MR) is 89.9 cm³/mol. The zero-order chi connectivity index (χ0) is 18.6. The van der Waals surface area contributed by atoms with Gasteiger partial charge in [0.1, 0.15) is 0 Å². The van der Waals surface area contributed by atoms with Gasteiger partial charge in [-0.15, -0.1) is 0 Å². The number of carbonyl (C=O) groups is 2. The van der Waals surface area contributed by atoms with Crippen molar-refractivity contribution in [3.8, 4) is 6.07 Å². The van der Waals surface area contributed by atoms with Gasteiger partial charge < -0.3 is 14.2 Å². The zero-order valence-electron chi connectivity index (χ0n) is 15.6. The van der Waals surface area contributed by atoms with Crippen LogP contribution < -0.4 is 0 Å². The number of nitriles is 1. The number of hydrogen-bond acceptors (Lipinski definition) is 6. The van der Waals surface area contributed by atoms with E-state index in [0.29, 0.717) is 17.8 Å². The normalized spacial score (nSPS) is 33.6. The van der Waals surface area contributed by atoms with E-state index in [9.17, 15) is 14.9 Å². The first-order valence-electron chi connectivity index (χ1n) is 9.28. The minimum Gasteiger partial charge on any atom is -0.465 e. The molecule has 6 atom stereocenters. The minimum atomic E-state index is -1.05. The summed E-state index contributed by atoms with van der Waals surface area (Å²) in [5.41, 5.74) is 0. The van der Waals surface area contributed by atoms with Crippen LogP contribution in [-0.2, 0) is 23.8 Å². The highest BCUT2D eigenvalue weighted by atomic mass is 16.7. The number of carbonyl (C=O) groups excluding carboxylic acids is 2. The Balaban J connectivity index is 2.13. The average molecular weight is 351 g/mol. The van der Waals surface area contributed by atoms with E-state index in [4.69, 9.17) is 14.2 Å². The van der Waals surface area contributed by atoms with E-state index >= 15 is 0 Å². The molecule has 6 nitrogen and oxygen atoms in total. The van der Waals surface area contributed by atoms with Crippen molar-refractivity contribution < 1.29 is 23.8 Å². The van der Waals surface area contributed by atoms with Crippen LogP contribution in [0.4, 0.5) is 0 Å². The lowest BCUT2D eigenvalue weighted by molar-refractivity contribution is -0.201. The second-order valence-electron chi connectivity index (χ2n) is 7.59. The Morgan fingerprint density at radius 1 is 1.36 bits per heavy atom. The Hall–Kier alpha value is -1.61. The maximum atomic E-state index is 12.1. The fourth-order valence-electron chi connectivity index (χ4n) is 3.96. The summed E-state index contributed by atoms with van der Waals surface area (Å²) < 4.78 is 16.5. The standard InChI is InChI=1S/C19H29NO5/c1-5-23-18(22)15(10-20)14-9-17(21)25-19(14)24-16-8-12(4)6-7-13(16)11(2)3/h11-16,19H,5-9H2,1-4H3/t12-,13+,14+,15+,16-,19-/m1/s1. The number of ether oxygens (including phenoxy) is 3. The van der Waals surface area contributed by atoms with E-state index in [2.05, 4.69) is 20.8 Å². The number of esters is 2. The van der Waals surface area contributed by atoms with E-state index in [1.54, 1.807) is 6.92 Å². The van der Waals surface area contributed by atoms with E-state index in [1.165, 1.54) is 6.42 Å². The molecule has 2 rings (SSSR count). The Bertz CT molecular complexity index is 526. The molecule has 0 aromatic carbocycles. The monoisotopic (exact) mass is 351 g/mol. The molecular weight excluding hydrogens is 322 g/mol. The predicted octanol–water partition coefficient (Wildman–Crippen LogP) is 3.06. The van der Waals surface area contributed by atoms with Crippen molar-refractivity contribution >= 4 is 11.9 Å². The molecule has 6 heteroatoms. The number of rotatable bonds is 6. The van der Waals surface area contributed by atoms with Gasteiger partial charge in [-0.05, 0) is 37.5 Å². The molecule has 0 amide bonds. The molecule has 1 saturated carbocycles. The van der Waals surface area contributed by atoms with Gasteiger partial charge in [-0.3, -0.25) is 9.59 Å². The quantitative estimate of drug-likeness (QED) is 0.684. The summed E-state index contributed by atoms with van der Waals surface area (Å²) in [6.07, 6.45) is 2.28. The van der Waals surface area contributed by atoms with Crippen LogP contribution in [0.1, 0.15) is 53.4 Å². The number of nitrogens with zero attached hydrogens (tertiary/aromatic N) is 1. The first-order valence-corrected chi connectivity index (χ1v) is 9.28. The minimum absolute atomic E-state index is 0.0102. The van der Waals surface area contributed by atoms with Gasteiger partial charge in [-0.25, -0.2) is 0 Å². The molecule has 0 radical (unpaired) electrons. The molecule has 1 aliphatic carbocycles. The molecule has 0 aromatic rings. The van der Waals surface area contributed by atoms with E-state index in [-0.39, 0.29) is 19.1 Å². The summed E-state index contributed by atoms with van der Waals surface area (Å²) in [6.45, 7) is 8.42. The van der Waals surface area contributed by atoms with Crippen molar-refractivity contribution in [3.63, 3.8) is 0 Å². The highest BCUT2D eigenvalue weighted by Gasteiger charge is 2.47. The Labute approximate surface area is 149 Å². The summed E-state index contributed by atoms with van der Waals surface area (Å²) in [5, 5.41) is 9.40. The van der Waals surface area contributed by atoms with Crippen LogP contribution in [0.2, 0.25) is 0 Å². The van der Waals surface area contributed by atoms with Crippen molar-refractivity contribution in [2.24, 2.45) is 29.6 Å². The third-order valence-corrected chi connectivity index (χ3v) is 5.38. The first kappa shape index (κ1) is 19.7. The molecule has 1 heterocycles. The van der Waals surface area contributed by atoms with Gasteiger partial charge in [0.25, 0.3) is 0 Å². The highest BCUT2D eigenvalue weighted by molar-refractivity contribution is 5.79. The Morgan fingerprint density at radius 2 is 2.08 bits per heavy atom. The maximum Gasteiger partial charge on any atom is 0.323 e. The van der Waals surface area contributed by atoms with Gasteiger partial charge in [-0.1, -0.05) is 27.2 Å². The fourth-order valence-corrected chi connectivity index (χ4v) is 3.96. The molecule has 0 aromatic heterocycles. The van der Waals surface area contributed by atoms with Crippen molar-refractivity contribution in [1.82, 2.24) is 0 Å². The van der Waals surface area contributed by atoms with E-state index in [1.807, 2.05) is 6.07 Å². The molecular formula is C19H29NO5. The van der Waals surface area contributed by atoms with Gasteiger partial charge in [0.2, 0.25) is 6.29 Å². The molecule has 0 N–H and O–H groups in total. The van der Waals surface area contributed by atoms with Crippen LogP contribution in [0.15, 0.2) is 0 Å². The van der Waals surface area contributed by atoms with Crippen molar-refractivity contribution in [2.45, 2.75) is 65.8 Å². The molecule has 140 valence electrons. The highest BCUT2D eigenvalue weighted by Crippen LogP contribution is 2.39. The Kier molecular flexibility index (Phi) is 6.83. The zero-order valence-corrected chi connectivity index (χ0v) is 15.6. The summed E-state index contributed by atoms with van der Waals surface area (Å²) in [7, 11) is 0. The molecule has 25 heavy (non-hydrogen) atoms. The molecule has 2 aliphatic rings. The van der Waals surface area contributed by atoms with Gasteiger partial charge in [-0.2, -0.15) is 5.26 Å². The lowest BCUT2D eigenvalue weighted by Crippen LogP contribution is -2.40. The third-order valence-electron chi connectivity index (χ3n) is 5.38. The molecule has 0 unspecified atom stereocenters. The molecule has 0 bridgehead atoms. The number of cyclic esters (lactones) is 1. The second kappa shape index (κ2) is 8.66. The fraction of sp³-hybridized carbons (Fsp3) is 0.842. The van der Waals surface area contributed by atoms with Crippen LogP contribution in [0.25, 0.3) is 0 Å². The van der Waals surface area contributed by atoms with Crippen molar-refractivity contribution in [2.75, 3.05) is 6.61 Å². The van der Waals surface area contributed by atoms with Crippen LogP contribution in [-0.4, -0.2) is 30.9 Å². The van der Waals surface area contributed by atoms with Crippen LogP contribution in [0.3, 0.4) is 0 Å². The summed E-state index contributed by atoms with van der Waals surface area (Å²) in [4.78, 5) is 23.9. The lowest BCUT2D eigenvalue weighted by Gasteiger charge is -2.39.